The van der Waals surface area contributed by atoms with Crippen LogP contribution in [-0.4, -0.2) is 11.5 Å². The number of rotatable bonds is 1. The Morgan fingerprint density at radius 3 is 3.08 bits per heavy atom. The summed E-state index contributed by atoms with van der Waals surface area (Å²) in [5.41, 5.74) is 4.51. The first kappa shape index (κ1) is 8.69. The molecule has 62 valence electrons. The van der Waals surface area contributed by atoms with Gasteiger partial charge in [0.15, 0.2) is 5.78 Å². The average Bonchev–Trinajstić information content (AvgIpc) is 1.95. The Kier molecular flexibility index (Phi) is 2.78. The molecule has 0 N–H and O–H groups in total. The van der Waals surface area contributed by atoms with Crippen molar-refractivity contribution in [1.82, 2.24) is 0 Å². The summed E-state index contributed by atoms with van der Waals surface area (Å²) >= 11 is 0. The number of aliphatic imine (C=N–C) groups is 1. The highest BCUT2D eigenvalue weighted by molar-refractivity contribution is 6.43. The number of hydrogen-bond donors (Lipinski definition) is 0. The molecule has 0 unspecified atom stereocenters. The molecule has 0 spiro atoms. The van der Waals surface area contributed by atoms with E-state index < -0.39 is 0 Å². The van der Waals surface area contributed by atoms with Crippen LogP contribution in [0.1, 0.15) is 20.3 Å². The smallest absolute Gasteiger partial charge is 0.178 e. The summed E-state index contributed by atoms with van der Waals surface area (Å²) < 4.78 is 0. The first-order chi connectivity index (χ1) is 5.70. The quantitative estimate of drug-likeness (QED) is 0.541. The molecule has 0 aromatic rings. The second-order valence-corrected chi connectivity index (χ2v) is 2.77. The average molecular weight is 161 g/mol. The van der Waals surface area contributed by atoms with Crippen LogP contribution in [0.5, 0.6) is 0 Å². The van der Waals surface area contributed by atoms with Crippen molar-refractivity contribution < 1.29 is 4.79 Å². The summed E-state index contributed by atoms with van der Waals surface area (Å²) in [5.74, 6) is -0.00528. The van der Waals surface area contributed by atoms with E-state index in [1.165, 1.54) is 13.1 Å². The normalized spacial score (nSPS) is 24.8. The van der Waals surface area contributed by atoms with Crippen LogP contribution in [0, 0.1) is 0 Å². The third-order valence-corrected chi connectivity index (χ3v) is 1.56. The maximum absolute atomic E-state index is 11.0. The Morgan fingerprint density at radius 1 is 1.67 bits per heavy atom. The van der Waals surface area contributed by atoms with E-state index in [9.17, 15) is 4.79 Å². The van der Waals surface area contributed by atoms with Gasteiger partial charge in [0.25, 0.3) is 0 Å². The molecule has 0 saturated carbocycles. The number of carbonyl (C=O) groups is 1. The van der Waals surface area contributed by atoms with Gasteiger partial charge in [-0.05, 0) is 25.5 Å². The number of carbonyl (C=O) groups excluding carboxylic acids is 1. The molecular weight excluding hydrogens is 150 g/mol. The Hall–Kier alpha value is -1.40. The van der Waals surface area contributed by atoms with Gasteiger partial charge in [0.2, 0.25) is 0 Å². The van der Waals surface area contributed by atoms with Crippen molar-refractivity contribution in [3.63, 3.8) is 0 Å². The van der Waals surface area contributed by atoms with Crippen molar-refractivity contribution in [3.05, 3.63) is 29.7 Å². The lowest BCUT2D eigenvalue weighted by Crippen LogP contribution is -2.06. The molecule has 0 bridgehead atoms. The molecule has 2 heteroatoms. The van der Waals surface area contributed by atoms with E-state index in [4.69, 9.17) is 0 Å². The minimum absolute atomic E-state index is 0.00528. The number of allylic oxidation sites excluding steroid dienone is 3. The Morgan fingerprint density at radius 2 is 2.42 bits per heavy atom. The molecule has 0 aromatic heterocycles. The summed E-state index contributed by atoms with van der Waals surface area (Å²) in [4.78, 5) is 14.9. The van der Waals surface area contributed by atoms with Crippen molar-refractivity contribution >= 4 is 11.5 Å². The van der Waals surface area contributed by atoms with Crippen LogP contribution in [0.15, 0.2) is 34.6 Å². The van der Waals surface area contributed by atoms with Crippen LogP contribution in [0.25, 0.3) is 0 Å². The number of Topliss-reactive ketones (excluding diaryl/α,β-unsaturated/α-hetero) is 1. The summed E-state index contributed by atoms with van der Waals surface area (Å²) in [6.07, 6.45) is 6.07. The van der Waals surface area contributed by atoms with Gasteiger partial charge in [-0.1, -0.05) is 5.57 Å². The second kappa shape index (κ2) is 3.84. The number of hydrogen-bond acceptors (Lipinski definition) is 2. The fraction of sp³-hybridized carbons (Fsp3) is 0.300. The van der Waals surface area contributed by atoms with Crippen LogP contribution < -0.4 is 0 Å². The van der Waals surface area contributed by atoms with E-state index in [2.05, 4.69) is 10.7 Å². The van der Waals surface area contributed by atoms with Crippen LogP contribution in [0.2, 0.25) is 0 Å². The molecule has 1 aliphatic heterocycles. The predicted octanol–water partition coefficient (Wildman–Crippen LogP) is 2.04. The number of ketones is 1. The fourth-order valence-electron chi connectivity index (χ4n) is 0.902. The van der Waals surface area contributed by atoms with E-state index in [0.29, 0.717) is 5.71 Å². The molecule has 0 fully saturated rings. The summed E-state index contributed by atoms with van der Waals surface area (Å²) in [5, 5.41) is 0. The third kappa shape index (κ3) is 2.33. The molecule has 0 radical (unpaired) electrons. The van der Waals surface area contributed by atoms with Crippen LogP contribution in [0.4, 0.5) is 0 Å². The maximum Gasteiger partial charge on any atom is 0.178 e. The second-order valence-electron chi connectivity index (χ2n) is 2.77. The van der Waals surface area contributed by atoms with Crippen LogP contribution in [-0.2, 0) is 4.79 Å². The third-order valence-electron chi connectivity index (χ3n) is 1.56. The topological polar surface area (TPSA) is 29.4 Å². The molecule has 0 aliphatic carbocycles. The summed E-state index contributed by atoms with van der Waals surface area (Å²) in [6, 6.07) is 0. The van der Waals surface area contributed by atoms with Crippen molar-refractivity contribution in [2.75, 3.05) is 0 Å². The van der Waals surface area contributed by atoms with Crippen LogP contribution in [0.3, 0.4) is 0 Å². The largest absolute Gasteiger partial charge is 0.293 e. The van der Waals surface area contributed by atoms with Crippen molar-refractivity contribution in [2.24, 2.45) is 4.99 Å². The molecule has 12 heavy (non-hydrogen) atoms. The highest BCUT2D eigenvalue weighted by Crippen LogP contribution is 2.03. The lowest BCUT2D eigenvalue weighted by Gasteiger charge is -1.98. The Labute approximate surface area is 72.0 Å². The molecule has 2 nitrogen and oxygen atoms in total. The minimum atomic E-state index is -0.00528. The van der Waals surface area contributed by atoms with Gasteiger partial charge in [-0.15, -0.1) is 5.73 Å². The maximum atomic E-state index is 11.0. The summed E-state index contributed by atoms with van der Waals surface area (Å²) in [7, 11) is 0. The predicted molar refractivity (Wildman–Crippen MR) is 49.1 cm³/mol. The van der Waals surface area contributed by atoms with Gasteiger partial charge >= 0.3 is 0 Å². The SMILES string of the molecule is CC(=O)C1=N/C=C=CC/C(C)=C\1. The van der Waals surface area contributed by atoms with Gasteiger partial charge in [-0.25, -0.2) is 4.99 Å². The lowest BCUT2D eigenvalue weighted by molar-refractivity contribution is -0.111. The molecule has 1 rings (SSSR count). The number of nitrogens with zero attached hydrogens (tertiary/aromatic N) is 1. The first-order valence-electron chi connectivity index (χ1n) is 3.85. The van der Waals surface area contributed by atoms with Crippen molar-refractivity contribution in [3.8, 4) is 0 Å². The summed E-state index contributed by atoms with van der Waals surface area (Å²) in [6.45, 7) is 3.49. The van der Waals surface area contributed by atoms with Crippen LogP contribution >= 0.6 is 0 Å². The van der Waals surface area contributed by atoms with Crippen molar-refractivity contribution in [1.29, 1.82) is 0 Å². The van der Waals surface area contributed by atoms with E-state index in [1.54, 1.807) is 0 Å². The molecule has 0 saturated heterocycles. The first-order valence-corrected chi connectivity index (χ1v) is 3.85. The Balaban J connectivity index is 3.03. The van der Waals surface area contributed by atoms with E-state index >= 15 is 0 Å². The van der Waals surface area contributed by atoms with Crippen molar-refractivity contribution in [2.45, 2.75) is 20.3 Å². The van der Waals surface area contributed by atoms with Gasteiger partial charge in [-0.2, -0.15) is 0 Å². The van der Waals surface area contributed by atoms with Gasteiger partial charge in [0.1, 0.15) is 5.71 Å². The molecular formula is C10H11NO. The highest BCUT2D eigenvalue weighted by Gasteiger charge is 2.01. The zero-order valence-corrected chi connectivity index (χ0v) is 7.29. The van der Waals surface area contributed by atoms with Gasteiger partial charge in [0, 0.05) is 6.92 Å². The minimum Gasteiger partial charge on any atom is -0.293 e. The standard InChI is InChI=1S/C10H11NO/c1-8-5-3-4-6-11-10(7-8)9(2)12/h3,6-7H,5H2,1-2H3/b8-7-,11-10+. The Bertz CT molecular complexity index is 315. The van der Waals surface area contributed by atoms with E-state index in [1.807, 2.05) is 19.1 Å². The van der Waals surface area contributed by atoms with E-state index in [-0.39, 0.29) is 5.78 Å². The zero-order valence-electron chi connectivity index (χ0n) is 7.29. The van der Waals surface area contributed by atoms with Gasteiger partial charge in [0.05, 0.1) is 6.20 Å². The zero-order chi connectivity index (χ0) is 8.97. The fourth-order valence-corrected chi connectivity index (χ4v) is 0.902. The van der Waals surface area contributed by atoms with Gasteiger partial charge < -0.3 is 0 Å². The highest BCUT2D eigenvalue weighted by atomic mass is 16.1. The lowest BCUT2D eigenvalue weighted by atomic mass is 10.1. The van der Waals surface area contributed by atoms with Gasteiger partial charge in [-0.3, -0.25) is 4.79 Å². The van der Waals surface area contributed by atoms with E-state index in [0.717, 1.165) is 12.0 Å². The molecule has 1 aliphatic rings. The molecule has 1 heterocycles. The monoisotopic (exact) mass is 161 g/mol. The molecule has 0 aromatic carbocycles. The molecule has 0 atom stereocenters. The molecule has 0 amide bonds.